The molecular weight excluding hydrogens is 260 g/mol. The first-order chi connectivity index (χ1) is 8.84. The molecule has 0 saturated heterocycles. The first-order valence-corrected chi connectivity index (χ1v) is 5.83. The van der Waals surface area contributed by atoms with Crippen molar-refractivity contribution in [3.05, 3.63) is 76.7 Å². The molecule has 0 unspecified atom stereocenters. The zero-order chi connectivity index (χ0) is 12.4. The minimum absolute atomic E-state index is 0. The van der Waals surface area contributed by atoms with Crippen LogP contribution in [0, 0.1) is 0 Å². The van der Waals surface area contributed by atoms with Gasteiger partial charge in [0.2, 0.25) is 0 Å². The SMILES string of the molecule is Cl.O=c1c2ccccc2cnn1Cc1ccccc1. The van der Waals surface area contributed by atoms with Crippen molar-refractivity contribution in [2.45, 2.75) is 6.54 Å². The van der Waals surface area contributed by atoms with Gasteiger partial charge in [-0.2, -0.15) is 5.10 Å². The van der Waals surface area contributed by atoms with Crippen LogP contribution in [-0.2, 0) is 6.54 Å². The Morgan fingerprint density at radius 3 is 2.42 bits per heavy atom. The summed E-state index contributed by atoms with van der Waals surface area (Å²) in [5, 5.41) is 5.80. The molecule has 19 heavy (non-hydrogen) atoms. The number of benzene rings is 2. The van der Waals surface area contributed by atoms with Crippen LogP contribution in [0.5, 0.6) is 0 Å². The van der Waals surface area contributed by atoms with Crippen LogP contribution in [0.1, 0.15) is 5.56 Å². The molecule has 0 aliphatic heterocycles. The Morgan fingerprint density at radius 1 is 0.947 bits per heavy atom. The molecule has 0 spiro atoms. The summed E-state index contributed by atoms with van der Waals surface area (Å²) in [5.74, 6) is 0. The molecule has 0 amide bonds. The predicted molar refractivity (Wildman–Crippen MR) is 78.8 cm³/mol. The molecule has 3 nitrogen and oxygen atoms in total. The molecule has 4 heteroatoms. The summed E-state index contributed by atoms with van der Waals surface area (Å²) < 4.78 is 1.50. The highest BCUT2D eigenvalue weighted by Gasteiger charge is 2.03. The molecule has 0 atom stereocenters. The predicted octanol–water partition coefficient (Wildman–Crippen LogP) is 2.87. The van der Waals surface area contributed by atoms with E-state index < -0.39 is 0 Å². The van der Waals surface area contributed by atoms with Crippen molar-refractivity contribution in [3.8, 4) is 0 Å². The van der Waals surface area contributed by atoms with Crippen LogP contribution >= 0.6 is 12.4 Å². The van der Waals surface area contributed by atoms with Gasteiger partial charge in [0.05, 0.1) is 18.1 Å². The maximum atomic E-state index is 12.2. The quantitative estimate of drug-likeness (QED) is 0.719. The Balaban J connectivity index is 0.00000133. The van der Waals surface area contributed by atoms with Crippen molar-refractivity contribution < 1.29 is 0 Å². The zero-order valence-corrected chi connectivity index (χ0v) is 11.0. The van der Waals surface area contributed by atoms with Gasteiger partial charge in [-0.3, -0.25) is 4.79 Å². The lowest BCUT2D eigenvalue weighted by molar-refractivity contribution is 0.647. The second-order valence-electron chi connectivity index (χ2n) is 4.18. The van der Waals surface area contributed by atoms with E-state index in [1.54, 1.807) is 6.20 Å². The van der Waals surface area contributed by atoms with Crippen LogP contribution in [0.2, 0.25) is 0 Å². The lowest BCUT2D eigenvalue weighted by atomic mass is 10.2. The van der Waals surface area contributed by atoms with Gasteiger partial charge in [0.1, 0.15) is 0 Å². The van der Waals surface area contributed by atoms with E-state index in [1.807, 2.05) is 54.6 Å². The van der Waals surface area contributed by atoms with E-state index >= 15 is 0 Å². The van der Waals surface area contributed by atoms with Crippen LogP contribution in [-0.4, -0.2) is 9.78 Å². The Bertz CT molecular complexity index is 738. The molecule has 0 saturated carbocycles. The van der Waals surface area contributed by atoms with E-state index in [1.165, 1.54) is 4.68 Å². The number of aromatic nitrogens is 2. The third kappa shape index (κ3) is 2.66. The Hall–Kier alpha value is -2.13. The number of nitrogens with zero attached hydrogens (tertiary/aromatic N) is 2. The average Bonchev–Trinajstić information content (AvgIpc) is 2.43. The molecule has 0 bridgehead atoms. The van der Waals surface area contributed by atoms with Gasteiger partial charge in [-0.05, 0) is 11.6 Å². The van der Waals surface area contributed by atoms with Gasteiger partial charge in [-0.15, -0.1) is 12.4 Å². The van der Waals surface area contributed by atoms with Crippen molar-refractivity contribution in [3.63, 3.8) is 0 Å². The third-order valence-electron chi connectivity index (χ3n) is 2.94. The smallest absolute Gasteiger partial charge is 0.267 e. The summed E-state index contributed by atoms with van der Waals surface area (Å²) in [5.41, 5.74) is 1.03. The molecule has 0 radical (unpaired) electrons. The number of hydrogen-bond donors (Lipinski definition) is 0. The third-order valence-corrected chi connectivity index (χ3v) is 2.94. The summed E-state index contributed by atoms with van der Waals surface area (Å²) in [6.07, 6.45) is 1.74. The van der Waals surface area contributed by atoms with Gasteiger partial charge in [0, 0.05) is 5.39 Å². The van der Waals surface area contributed by atoms with Gasteiger partial charge in [-0.1, -0.05) is 48.5 Å². The van der Waals surface area contributed by atoms with Gasteiger partial charge in [0.25, 0.3) is 5.56 Å². The van der Waals surface area contributed by atoms with Crippen LogP contribution < -0.4 is 5.56 Å². The van der Waals surface area contributed by atoms with Crippen molar-refractivity contribution in [1.29, 1.82) is 0 Å². The second-order valence-corrected chi connectivity index (χ2v) is 4.18. The summed E-state index contributed by atoms with van der Waals surface area (Å²) in [6, 6.07) is 17.4. The minimum Gasteiger partial charge on any atom is -0.267 e. The highest BCUT2D eigenvalue weighted by Crippen LogP contribution is 2.07. The standard InChI is InChI=1S/C15H12N2O.ClH/c18-15-14-9-5-4-8-13(14)10-16-17(15)11-12-6-2-1-3-7-12;/h1-10H,11H2;1H. The highest BCUT2D eigenvalue weighted by atomic mass is 35.5. The highest BCUT2D eigenvalue weighted by molar-refractivity contribution is 5.85. The van der Waals surface area contributed by atoms with E-state index in [0.717, 1.165) is 10.9 Å². The number of rotatable bonds is 2. The Morgan fingerprint density at radius 2 is 1.63 bits per heavy atom. The maximum Gasteiger partial charge on any atom is 0.274 e. The van der Waals surface area contributed by atoms with E-state index in [2.05, 4.69) is 5.10 Å². The van der Waals surface area contributed by atoms with Gasteiger partial charge >= 0.3 is 0 Å². The molecule has 3 aromatic rings. The minimum atomic E-state index is -0.0445. The van der Waals surface area contributed by atoms with Crippen molar-refractivity contribution in [2.24, 2.45) is 0 Å². The zero-order valence-electron chi connectivity index (χ0n) is 10.2. The molecule has 0 aliphatic carbocycles. The summed E-state index contributed by atoms with van der Waals surface area (Å²) in [7, 11) is 0. The molecule has 0 N–H and O–H groups in total. The van der Waals surface area contributed by atoms with Crippen molar-refractivity contribution >= 4 is 23.2 Å². The van der Waals surface area contributed by atoms with E-state index in [0.29, 0.717) is 11.9 Å². The maximum absolute atomic E-state index is 12.2. The van der Waals surface area contributed by atoms with Gasteiger partial charge in [0.15, 0.2) is 0 Å². The van der Waals surface area contributed by atoms with Crippen molar-refractivity contribution in [2.75, 3.05) is 0 Å². The van der Waals surface area contributed by atoms with Gasteiger partial charge in [-0.25, -0.2) is 4.68 Å². The number of fused-ring (bicyclic) bond motifs is 1. The average molecular weight is 273 g/mol. The molecule has 0 fully saturated rings. The lowest BCUT2D eigenvalue weighted by Gasteiger charge is -2.05. The fourth-order valence-corrected chi connectivity index (χ4v) is 2.00. The fraction of sp³-hybridized carbons (Fsp3) is 0.0667. The second kappa shape index (κ2) is 5.67. The normalized spacial score (nSPS) is 10.1. The van der Waals surface area contributed by atoms with Crippen LogP contribution in [0.25, 0.3) is 10.8 Å². The summed E-state index contributed by atoms with van der Waals surface area (Å²) in [4.78, 5) is 12.2. The fourth-order valence-electron chi connectivity index (χ4n) is 2.00. The monoisotopic (exact) mass is 272 g/mol. The molecular formula is C15H13ClN2O. The first kappa shape index (κ1) is 13.3. The van der Waals surface area contributed by atoms with Crippen LogP contribution in [0.3, 0.4) is 0 Å². The molecule has 1 heterocycles. The summed E-state index contributed by atoms with van der Waals surface area (Å²) in [6.45, 7) is 0.504. The molecule has 96 valence electrons. The largest absolute Gasteiger partial charge is 0.274 e. The number of hydrogen-bond acceptors (Lipinski definition) is 2. The van der Waals surface area contributed by atoms with Crippen LogP contribution in [0.15, 0.2) is 65.6 Å². The topological polar surface area (TPSA) is 34.9 Å². The Labute approximate surface area is 116 Å². The lowest BCUT2D eigenvalue weighted by Crippen LogP contribution is -2.23. The Kier molecular flexibility index (Phi) is 3.97. The van der Waals surface area contributed by atoms with Gasteiger partial charge < -0.3 is 0 Å². The van der Waals surface area contributed by atoms with Crippen molar-refractivity contribution in [1.82, 2.24) is 9.78 Å². The van der Waals surface area contributed by atoms with Crippen LogP contribution in [0.4, 0.5) is 0 Å². The molecule has 1 aromatic heterocycles. The molecule has 2 aromatic carbocycles. The molecule has 3 rings (SSSR count). The summed E-state index contributed by atoms with van der Waals surface area (Å²) >= 11 is 0. The molecule has 0 aliphatic rings. The first-order valence-electron chi connectivity index (χ1n) is 5.83. The van der Waals surface area contributed by atoms with E-state index in [9.17, 15) is 4.79 Å². The number of halogens is 1. The van der Waals surface area contributed by atoms with E-state index in [4.69, 9.17) is 0 Å². The van der Waals surface area contributed by atoms with E-state index in [-0.39, 0.29) is 18.0 Å².